The number of nitrogens with zero attached hydrogens (tertiary/aromatic N) is 3. The highest BCUT2D eigenvalue weighted by Crippen LogP contribution is 2.21. The third-order valence-electron chi connectivity index (χ3n) is 5.10. The van der Waals surface area contributed by atoms with Crippen molar-refractivity contribution in [1.82, 2.24) is 14.9 Å². The second-order valence-corrected chi connectivity index (χ2v) is 7.94. The van der Waals surface area contributed by atoms with Gasteiger partial charge in [0.2, 0.25) is 11.8 Å². The summed E-state index contributed by atoms with van der Waals surface area (Å²) in [6.45, 7) is 10.1. The van der Waals surface area contributed by atoms with Crippen molar-refractivity contribution < 1.29 is 9.59 Å². The van der Waals surface area contributed by atoms with Crippen LogP contribution in [0.2, 0.25) is 0 Å². The van der Waals surface area contributed by atoms with E-state index < -0.39 is 0 Å². The maximum atomic E-state index is 13.4. The molecular weight excluding hydrogens is 388 g/mol. The van der Waals surface area contributed by atoms with Crippen LogP contribution in [0, 0.1) is 0 Å². The highest BCUT2D eigenvalue weighted by Gasteiger charge is 2.21. The van der Waals surface area contributed by atoms with Gasteiger partial charge in [-0.15, -0.1) is 0 Å². The Morgan fingerprint density at radius 1 is 1.10 bits per heavy atom. The van der Waals surface area contributed by atoms with Crippen LogP contribution in [0.15, 0.2) is 66.7 Å². The SMILES string of the molecule is C=C(C)C(=O)NCCCc1nc2ccccc2n1CC(=O)N(c1ccccc1)C(C)C. The summed E-state index contributed by atoms with van der Waals surface area (Å²) in [5, 5.41) is 2.85. The Hall–Kier alpha value is -3.41. The van der Waals surface area contributed by atoms with Crippen molar-refractivity contribution >= 4 is 28.5 Å². The third kappa shape index (κ3) is 5.40. The Bertz CT molecular complexity index is 1070. The zero-order valence-corrected chi connectivity index (χ0v) is 18.5. The first-order valence-corrected chi connectivity index (χ1v) is 10.6. The zero-order chi connectivity index (χ0) is 22.4. The fourth-order valence-corrected chi connectivity index (χ4v) is 3.62. The molecule has 0 aliphatic rings. The number of carbonyl (C=O) groups excluding carboxylic acids is 2. The molecule has 0 aliphatic heterocycles. The molecule has 1 N–H and O–H groups in total. The van der Waals surface area contributed by atoms with Crippen molar-refractivity contribution in [3.63, 3.8) is 0 Å². The Balaban J connectivity index is 1.81. The molecule has 0 fully saturated rings. The minimum absolute atomic E-state index is 0.0150. The number of aryl methyl sites for hydroxylation is 1. The van der Waals surface area contributed by atoms with Crippen LogP contribution in [0.3, 0.4) is 0 Å². The summed E-state index contributed by atoms with van der Waals surface area (Å²) in [6, 6.07) is 17.6. The largest absolute Gasteiger partial charge is 0.352 e. The lowest BCUT2D eigenvalue weighted by molar-refractivity contribution is -0.119. The molecule has 0 saturated heterocycles. The summed E-state index contributed by atoms with van der Waals surface area (Å²) in [5.74, 6) is 0.719. The van der Waals surface area contributed by atoms with Gasteiger partial charge in [0.05, 0.1) is 11.0 Å². The molecular formula is C25H30N4O2. The maximum absolute atomic E-state index is 13.4. The summed E-state index contributed by atoms with van der Waals surface area (Å²) < 4.78 is 2.00. The molecule has 6 heteroatoms. The third-order valence-corrected chi connectivity index (χ3v) is 5.10. The van der Waals surface area contributed by atoms with Crippen molar-refractivity contribution in [2.24, 2.45) is 0 Å². The number of amides is 2. The van der Waals surface area contributed by atoms with Gasteiger partial charge in [0.1, 0.15) is 12.4 Å². The number of anilines is 1. The van der Waals surface area contributed by atoms with Crippen LogP contribution in [-0.4, -0.2) is 34.0 Å². The van der Waals surface area contributed by atoms with Gasteiger partial charge < -0.3 is 14.8 Å². The van der Waals surface area contributed by atoms with E-state index in [0.717, 1.165) is 29.0 Å². The molecule has 1 heterocycles. The zero-order valence-electron chi connectivity index (χ0n) is 18.5. The van der Waals surface area contributed by atoms with Gasteiger partial charge in [0.25, 0.3) is 0 Å². The second-order valence-electron chi connectivity index (χ2n) is 7.94. The quantitative estimate of drug-likeness (QED) is 0.420. The lowest BCUT2D eigenvalue weighted by Gasteiger charge is -2.27. The number of para-hydroxylation sites is 3. The molecule has 0 radical (unpaired) electrons. The smallest absolute Gasteiger partial charge is 0.247 e. The molecule has 3 aromatic rings. The van der Waals surface area contributed by atoms with Crippen LogP contribution in [0.5, 0.6) is 0 Å². The van der Waals surface area contributed by atoms with E-state index in [1.165, 1.54) is 0 Å². The lowest BCUT2D eigenvalue weighted by Crippen LogP contribution is -2.39. The van der Waals surface area contributed by atoms with E-state index in [0.29, 0.717) is 18.5 Å². The Kier molecular flexibility index (Phi) is 7.23. The number of fused-ring (bicyclic) bond motifs is 1. The van der Waals surface area contributed by atoms with Crippen LogP contribution < -0.4 is 10.2 Å². The van der Waals surface area contributed by atoms with E-state index in [9.17, 15) is 9.59 Å². The predicted octanol–water partition coefficient (Wildman–Crippen LogP) is 4.10. The number of hydrogen-bond donors (Lipinski definition) is 1. The number of carbonyl (C=O) groups is 2. The van der Waals surface area contributed by atoms with Gasteiger partial charge in [-0.2, -0.15) is 0 Å². The molecule has 0 spiro atoms. The molecule has 2 amide bonds. The normalized spacial score (nSPS) is 11.0. The van der Waals surface area contributed by atoms with E-state index in [1.807, 2.05) is 77.9 Å². The average Bonchev–Trinajstić information content (AvgIpc) is 3.09. The average molecular weight is 419 g/mol. The monoisotopic (exact) mass is 418 g/mol. The maximum Gasteiger partial charge on any atom is 0.247 e. The Morgan fingerprint density at radius 3 is 2.45 bits per heavy atom. The van der Waals surface area contributed by atoms with Crippen LogP contribution in [-0.2, 0) is 22.6 Å². The van der Waals surface area contributed by atoms with E-state index >= 15 is 0 Å². The van der Waals surface area contributed by atoms with Crippen molar-refractivity contribution in [1.29, 1.82) is 0 Å². The highest BCUT2D eigenvalue weighted by atomic mass is 16.2. The van der Waals surface area contributed by atoms with Crippen LogP contribution in [0.25, 0.3) is 11.0 Å². The van der Waals surface area contributed by atoms with E-state index in [4.69, 9.17) is 4.98 Å². The van der Waals surface area contributed by atoms with Gasteiger partial charge in [-0.25, -0.2) is 4.98 Å². The standard InChI is InChI=1S/C25H30N4O2/c1-18(2)25(31)26-16-10-15-23-27-21-13-8-9-14-22(21)28(23)17-24(30)29(19(3)4)20-11-6-5-7-12-20/h5-9,11-14,19H,1,10,15-17H2,2-4H3,(H,26,31). The molecule has 162 valence electrons. The lowest BCUT2D eigenvalue weighted by atomic mass is 10.2. The summed E-state index contributed by atoms with van der Waals surface area (Å²) in [7, 11) is 0. The number of aromatic nitrogens is 2. The molecule has 0 saturated carbocycles. The van der Waals surface area contributed by atoms with Crippen LogP contribution in [0.4, 0.5) is 5.69 Å². The summed E-state index contributed by atoms with van der Waals surface area (Å²) in [4.78, 5) is 31.6. The molecule has 6 nitrogen and oxygen atoms in total. The number of hydrogen-bond acceptors (Lipinski definition) is 3. The van der Waals surface area contributed by atoms with E-state index in [1.54, 1.807) is 6.92 Å². The molecule has 0 unspecified atom stereocenters. The van der Waals surface area contributed by atoms with Crippen molar-refractivity contribution in [2.45, 2.75) is 46.2 Å². The first-order chi connectivity index (χ1) is 14.9. The van der Waals surface area contributed by atoms with Crippen molar-refractivity contribution in [3.05, 3.63) is 72.6 Å². The first-order valence-electron chi connectivity index (χ1n) is 10.6. The van der Waals surface area contributed by atoms with Gasteiger partial charge in [0, 0.05) is 30.3 Å². The fraction of sp³-hybridized carbons (Fsp3) is 0.320. The van der Waals surface area contributed by atoms with Crippen LogP contribution >= 0.6 is 0 Å². The summed E-state index contributed by atoms with van der Waals surface area (Å²) in [5.41, 5.74) is 3.18. The molecule has 0 atom stereocenters. The Labute approximate surface area is 183 Å². The number of rotatable bonds is 9. The fourth-order valence-electron chi connectivity index (χ4n) is 3.62. The molecule has 1 aromatic heterocycles. The highest BCUT2D eigenvalue weighted by molar-refractivity contribution is 5.94. The van der Waals surface area contributed by atoms with Gasteiger partial charge >= 0.3 is 0 Å². The van der Waals surface area contributed by atoms with Crippen LogP contribution in [0.1, 0.15) is 33.0 Å². The number of benzene rings is 2. The Morgan fingerprint density at radius 2 is 1.77 bits per heavy atom. The van der Waals surface area contributed by atoms with Gasteiger partial charge in [0.15, 0.2) is 0 Å². The van der Waals surface area contributed by atoms with Crippen molar-refractivity contribution in [3.8, 4) is 0 Å². The van der Waals surface area contributed by atoms with Gasteiger partial charge in [-0.3, -0.25) is 9.59 Å². The first kappa shape index (κ1) is 22.3. The molecule has 2 aromatic carbocycles. The minimum Gasteiger partial charge on any atom is -0.352 e. The molecule has 0 aliphatic carbocycles. The molecule has 3 rings (SSSR count). The van der Waals surface area contributed by atoms with Gasteiger partial charge in [-0.05, 0) is 51.5 Å². The molecule has 31 heavy (non-hydrogen) atoms. The predicted molar refractivity (Wildman–Crippen MR) is 125 cm³/mol. The minimum atomic E-state index is -0.140. The second kappa shape index (κ2) is 10.1. The topological polar surface area (TPSA) is 67.2 Å². The van der Waals surface area contributed by atoms with Crippen molar-refractivity contribution in [2.75, 3.05) is 11.4 Å². The van der Waals surface area contributed by atoms with E-state index in [2.05, 4.69) is 11.9 Å². The summed E-state index contributed by atoms with van der Waals surface area (Å²) >= 11 is 0. The molecule has 0 bridgehead atoms. The number of nitrogens with one attached hydrogen (secondary N) is 1. The number of imidazole rings is 1. The summed E-state index contributed by atoms with van der Waals surface area (Å²) in [6.07, 6.45) is 1.38. The van der Waals surface area contributed by atoms with Gasteiger partial charge in [-0.1, -0.05) is 36.9 Å². The van der Waals surface area contributed by atoms with E-state index in [-0.39, 0.29) is 24.4 Å².